The first kappa shape index (κ1) is 13.8. The Kier molecular flexibility index (Phi) is 5.28. The summed E-state index contributed by atoms with van der Waals surface area (Å²) in [5.74, 6) is 0.233. The molecule has 5 heteroatoms. The Bertz CT molecular complexity index is 356. The smallest absolute Gasteiger partial charge is 0.264 e. The Morgan fingerprint density at radius 1 is 1.41 bits per heavy atom. The monoisotopic (exact) mass is 244 g/mol. The van der Waals surface area contributed by atoms with Gasteiger partial charge in [0, 0.05) is 17.8 Å². The summed E-state index contributed by atoms with van der Waals surface area (Å²) in [6, 6.07) is 1.32. The Balaban J connectivity index is 2.76. The van der Waals surface area contributed by atoms with E-state index >= 15 is 0 Å². The molecule has 0 aliphatic rings. The molecule has 96 valence electrons. The van der Waals surface area contributed by atoms with Crippen LogP contribution in [0.2, 0.25) is 0 Å². The predicted octanol–water partition coefficient (Wildman–Crippen LogP) is 2.52. The van der Waals surface area contributed by atoms with Crippen molar-refractivity contribution in [3.63, 3.8) is 0 Å². The van der Waals surface area contributed by atoms with Crippen molar-refractivity contribution >= 4 is 0 Å². The van der Waals surface area contributed by atoms with Crippen LogP contribution in [0, 0.1) is 0 Å². The van der Waals surface area contributed by atoms with E-state index in [1.165, 1.54) is 19.4 Å². The molecular weight excluding hydrogens is 226 g/mol. The molecule has 3 nitrogen and oxygen atoms in total. The molecular formula is C12H18F2N2O. The molecule has 0 radical (unpaired) electrons. The van der Waals surface area contributed by atoms with Crippen LogP contribution in [0.25, 0.3) is 0 Å². The molecule has 0 amide bonds. The summed E-state index contributed by atoms with van der Waals surface area (Å²) in [7, 11) is 5.34. The van der Waals surface area contributed by atoms with Crippen molar-refractivity contribution in [1.29, 1.82) is 0 Å². The van der Waals surface area contributed by atoms with E-state index in [4.69, 9.17) is 4.74 Å². The average Bonchev–Trinajstić information content (AvgIpc) is 2.28. The zero-order valence-corrected chi connectivity index (χ0v) is 10.4. The van der Waals surface area contributed by atoms with E-state index < -0.39 is 6.43 Å². The summed E-state index contributed by atoms with van der Waals surface area (Å²) < 4.78 is 30.5. The summed E-state index contributed by atoms with van der Waals surface area (Å²) in [5.41, 5.74) is 0.623. The van der Waals surface area contributed by atoms with Gasteiger partial charge in [0.2, 0.25) is 5.88 Å². The molecule has 1 aromatic heterocycles. The second kappa shape index (κ2) is 6.49. The zero-order chi connectivity index (χ0) is 12.8. The van der Waals surface area contributed by atoms with Gasteiger partial charge in [0.15, 0.2) is 0 Å². The van der Waals surface area contributed by atoms with Gasteiger partial charge in [-0.05, 0) is 39.0 Å². The van der Waals surface area contributed by atoms with E-state index in [2.05, 4.69) is 4.98 Å². The average molecular weight is 244 g/mol. The van der Waals surface area contributed by atoms with E-state index in [1.807, 2.05) is 19.0 Å². The third kappa shape index (κ3) is 4.26. The highest BCUT2D eigenvalue weighted by Crippen LogP contribution is 2.26. The SMILES string of the molecule is COc1cc(C(F)F)c(CCCN(C)C)cn1. The molecule has 0 aliphatic heterocycles. The number of rotatable bonds is 6. The number of methoxy groups -OCH3 is 1. The number of nitrogens with zero attached hydrogens (tertiary/aromatic N) is 2. The highest BCUT2D eigenvalue weighted by atomic mass is 19.3. The normalized spacial score (nSPS) is 11.2. The molecule has 0 atom stereocenters. The number of pyridine rings is 1. The largest absolute Gasteiger partial charge is 0.481 e. The van der Waals surface area contributed by atoms with Crippen molar-refractivity contribution < 1.29 is 13.5 Å². The molecule has 0 aromatic carbocycles. The summed E-state index contributed by atoms with van der Waals surface area (Å²) in [6.45, 7) is 0.870. The number of halogens is 2. The van der Waals surface area contributed by atoms with Gasteiger partial charge in [0.05, 0.1) is 7.11 Å². The fourth-order valence-electron chi connectivity index (χ4n) is 1.59. The second-order valence-electron chi connectivity index (χ2n) is 4.13. The lowest BCUT2D eigenvalue weighted by Gasteiger charge is -2.12. The van der Waals surface area contributed by atoms with Crippen LogP contribution in [-0.4, -0.2) is 37.6 Å². The third-order valence-corrected chi connectivity index (χ3v) is 2.49. The molecule has 0 N–H and O–H groups in total. The van der Waals surface area contributed by atoms with Crippen molar-refractivity contribution in [2.24, 2.45) is 0 Å². The first-order valence-corrected chi connectivity index (χ1v) is 5.50. The van der Waals surface area contributed by atoms with Crippen LogP contribution in [0.1, 0.15) is 24.0 Å². The molecule has 1 aromatic rings. The van der Waals surface area contributed by atoms with Crippen LogP contribution < -0.4 is 4.74 Å². The summed E-state index contributed by atoms with van der Waals surface area (Å²) >= 11 is 0. The molecule has 0 unspecified atom stereocenters. The molecule has 0 spiro atoms. The third-order valence-electron chi connectivity index (χ3n) is 2.49. The highest BCUT2D eigenvalue weighted by molar-refractivity contribution is 5.30. The van der Waals surface area contributed by atoms with Crippen LogP contribution in [0.5, 0.6) is 5.88 Å². The number of hydrogen-bond acceptors (Lipinski definition) is 3. The van der Waals surface area contributed by atoms with E-state index in [0.29, 0.717) is 12.0 Å². The van der Waals surface area contributed by atoms with Gasteiger partial charge in [-0.1, -0.05) is 0 Å². The minimum Gasteiger partial charge on any atom is -0.481 e. The first-order chi connectivity index (χ1) is 8.04. The molecule has 17 heavy (non-hydrogen) atoms. The molecule has 0 saturated carbocycles. The lowest BCUT2D eigenvalue weighted by atomic mass is 10.1. The number of ether oxygens (including phenoxy) is 1. The van der Waals surface area contributed by atoms with Crippen molar-refractivity contribution in [1.82, 2.24) is 9.88 Å². The fraction of sp³-hybridized carbons (Fsp3) is 0.583. The number of aryl methyl sites for hydroxylation is 1. The second-order valence-corrected chi connectivity index (χ2v) is 4.13. The van der Waals surface area contributed by atoms with E-state index in [0.717, 1.165) is 13.0 Å². The summed E-state index contributed by atoms with van der Waals surface area (Å²) in [4.78, 5) is 6.00. The molecule has 1 heterocycles. The minimum absolute atomic E-state index is 0.0237. The molecule has 0 fully saturated rings. The van der Waals surface area contributed by atoms with Crippen LogP contribution in [0.3, 0.4) is 0 Å². The Hall–Kier alpha value is -1.23. The number of aromatic nitrogens is 1. The molecule has 1 rings (SSSR count). The Morgan fingerprint density at radius 2 is 2.12 bits per heavy atom. The topological polar surface area (TPSA) is 25.4 Å². The lowest BCUT2D eigenvalue weighted by molar-refractivity contribution is 0.149. The van der Waals surface area contributed by atoms with Crippen LogP contribution in [0.4, 0.5) is 8.78 Å². The highest BCUT2D eigenvalue weighted by Gasteiger charge is 2.14. The first-order valence-electron chi connectivity index (χ1n) is 5.50. The van der Waals surface area contributed by atoms with Gasteiger partial charge in [-0.2, -0.15) is 0 Å². The lowest BCUT2D eigenvalue weighted by Crippen LogP contribution is -2.14. The van der Waals surface area contributed by atoms with Gasteiger partial charge in [-0.15, -0.1) is 0 Å². The quantitative estimate of drug-likeness (QED) is 0.769. The summed E-state index contributed by atoms with van der Waals surface area (Å²) in [5, 5.41) is 0. The van der Waals surface area contributed by atoms with E-state index in [1.54, 1.807) is 0 Å². The Morgan fingerprint density at radius 3 is 2.65 bits per heavy atom. The van der Waals surface area contributed by atoms with Gasteiger partial charge in [-0.3, -0.25) is 0 Å². The standard InChI is InChI=1S/C12H18F2N2O/c1-16(2)6-4-5-9-8-15-11(17-3)7-10(9)12(13)14/h7-8,12H,4-6H2,1-3H3. The van der Waals surface area contributed by atoms with Gasteiger partial charge in [-0.25, -0.2) is 13.8 Å². The van der Waals surface area contributed by atoms with Gasteiger partial charge < -0.3 is 9.64 Å². The van der Waals surface area contributed by atoms with Gasteiger partial charge >= 0.3 is 0 Å². The van der Waals surface area contributed by atoms with Crippen molar-refractivity contribution in [2.75, 3.05) is 27.7 Å². The van der Waals surface area contributed by atoms with Crippen molar-refractivity contribution in [3.05, 3.63) is 23.4 Å². The van der Waals surface area contributed by atoms with Crippen molar-refractivity contribution in [2.45, 2.75) is 19.3 Å². The maximum absolute atomic E-state index is 12.8. The van der Waals surface area contributed by atoms with E-state index in [9.17, 15) is 8.78 Å². The van der Waals surface area contributed by atoms with Crippen LogP contribution >= 0.6 is 0 Å². The van der Waals surface area contributed by atoms with Crippen LogP contribution in [0.15, 0.2) is 12.3 Å². The molecule has 0 aliphatic carbocycles. The minimum atomic E-state index is -2.48. The number of alkyl halides is 2. The van der Waals surface area contributed by atoms with Crippen molar-refractivity contribution in [3.8, 4) is 5.88 Å². The maximum atomic E-state index is 12.8. The van der Waals surface area contributed by atoms with Crippen LogP contribution in [-0.2, 0) is 6.42 Å². The Labute approximate surface area is 100 Å². The fourth-order valence-corrected chi connectivity index (χ4v) is 1.59. The molecule has 0 saturated heterocycles. The summed E-state index contributed by atoms with van der Waals surface area (Å²) in [6.07, 6.45) is 0.437. The van der Waals surface area contributed by atoms with E-state index in [-0.39, 0.29) is 11.4 Å². The van der Waals surface area contributed by atoms with Gasteiger partial charge in [0.25, 0.3) is 6.43 Å². The predicted molar refractivity (Wildman–Crippen MR) is 62.6 cm³/mol. The molecule has 0 bridgehead atoms. The zero-order valence-electron chi connectivity index (χ0n) is 10.4. The van der Waals surface area contributed by atoms with Gasteiger partial charge in [0.1, 0.15) is 0 Å². The maximum Gasteiger partial charge on any atom is 0.264 e. The number of hydrogen-bond donors (Lipinski definition) is 0.